The van der Waals surface area contributed by atoms with E-state index in [0.29, 0.717) is 5.78 Å². The minimum absolute atomic E-state index is 0.0429. The summed E-state index contributed by atoms with van der Waals surface area (Å²) in [5, 5.41) is 2.14. The number of thiophene rings is 1. The van der Waals surface area contributed by atoms with Crippen LogP contribution >= 0.6 is 11.3 Å². The highest BCUT2D eigenvalue weighted by Gasteiger charge is 2.48. The first-order chi connectivity index (χ1) is 7.21. The summed E-state index contributed by atoms with van der Waals surface area (Å²) in [6, 6.07) is 2.17. The lowest BCUT2D eigenvalue weighted by Gasteiger charge is -2.24. The molecule has 3 rings (SSSR count). The zero-order valence-corrected chi connectivity index (χ0v) is 9.90. The van der Waals surface area contributed by atoms with Gasteiger partial charge in [0, 0.05) is 16.2 Å². The SMILES string of the molecule is CC1(C(=O)C2CCCc3sccc32)CC1. The van der Waals surface area contributed by atoms with Gasteiger partial charge in [-0.1, -0.05) is 6.92 Å². The summed E-state index contributed by atoms with van der Waals surface area (Å²) in [4.78, 5) is 13.8. The molecule has 0 bridgehead atoms. The zero-order valence-electron chi connectivity index (χ0n) is 9.08. The second kappa shape index (κ2) is 3.18. The Morgan fingerprint density at radius 2 is 2.33 bits per heavy atom. The Morgan fingerprint density at radius 1 is 1.53 bits per heavy atom. The molecule has 0 saturated heterocycles. The molecule has 2 aliphatic rings. The Labute approximate surface area is 94.5 Å². The number of ketones is 1. The maximum absolute atomic E-state index is 12.3. The molecule has 80 valence electrons. The van der Waals surface area contributed by atoms with Gasteiger partial charge in [0.15, 0.2) is 0 Å². The Kier molecular flexibility index (Phi) is 2.03. The van der Waals surface area contributed by atoms with Crippen LogP contribution in [0, 0.1) is 5.41 Å². The molecule has 1 fully saturated rings. The number of fused-ring (bicyclic) bond motifs is 1. The third-order valence-electron chi connectivity index (χ3n) is 3.96. The number of hydrogen-bond donors (Lipinski definition) is 0. The maximum Gasteiger partial charge on any atom is 0.146 e. The Bertz CT molecular complexity index is 400. The third kappa shape index (κ3) is 1.46. The van der Waals surface area contributed by atoms with Crippen LogP contribution < -0.4 is 0 Å². The van der Waals surface area contributed by atoms with E-state index in [9.17, 15) is 4.79 Å². The van der Waals surface area contributed by atoms with Crippen molar-refractivity contribution in [2.45, 2.75) is 44.9 Å². The first-order valence-corrected chi connectivity index (χ1v) is 6.69. The van der Waals surface area contributed by atoms with Gasteiger partial charge in [0.1, 0.15) is 5.78 Å². The molecule has 2 aliphatic carbocycles. The topological polar surface area (TPSA) is 17.1 Å². The fourth-order valence-corrected chi connectivity index (χ4v) is 3.60. The van der Waals surface area contributed by atoms with Gasteiger partial charge in [0.2, 0.25) is 0 Å². The van der Waals surface area contributed by atoms with Gasteiger partial charge in [0.05, 0.1) is 0 Å². The highest BCUT2D eigenvalue weighted by atomic mass is 32.1. The zero-order chi connectivity index (χ0) is 10.5. The fourth-order valence-electron chi connectivity index (χ4n) is 2.61. The molecule has 0 radical (unpaired) electrons. The second-order valence-corrected chi connectivity index (χ2v) is 6.17. The van der Waals surface area contributed by atoms with E-state index < -0.39 is 0 Å². The third-order valence-corrected chi connectivity index (χ3v) is 4.96. The van der Waals surface area contributed by atoms with Crippen molar-refractivity contribution in [3.05, 3.63) is 21.9 Å². The van der Waals surface area contributed by atoms with Crippen molar-refractivity contribution < 1.29 is 4.79 Å². The number of rotatable bonds is 2. The van der Waals surface area contributed by atoms with Crippen LogP contribution in [-0.4, -0.2) is 5.78 Å². The quantitative estimate of drug-likeness (QED) is 0.745. The van der Waals surface area contributed by atoms with E-state index in [0.717, 1.165) is 19.3 Å². The molecule has 1 nitrogen and oxygen atoms in total. The van der Waals surface area contributed by atoms with E-state index in [1.54, 1.807) is 0 Å². The number of Topliss-reactive ketones (excluding diaryl/α,β-unsaturated/α-hetero) is 1. The Hall–Kier alpha value is -0.630. The summed E-state index contributed by atoms with van der Waals surface area (Å²) in [5.74, 6) is 0.745. The molecule has 1 saturated carbocycles. The van der Waals surface area contributed by atoms with Crippen LogP contribution in [0.25, 0.3) is 0 Å². The van der Waals surface area contributed by atoms with Gasteiger partial charge in [-0.05, 0) is 49.1 Å². The first kappa shape index (κ1) is 9.59. The molecule has 1 aromatic heterocycles. The molecule has 2 heteroatoms. The van der Waals surface area contributed by atoms with Gasteiger partial charge < -0.3 is 0 Å². The van der Waals surface area contributed by atoms with Crippen molar-refractivity contribution in [1.29, 1.82) is 0 Å². The summed E-state index contributed by atoms with van der Waals surface area (Å²) in [6.45, 7) is 2.13. The fraction of sp³-hybridized carbons (Fsp3) is 0.615. The Morgan fingerprint density at radius 3 is 3.07 bits per heavy atom. The van der Waals surface area contributed by atoms with Gasteiger partial charge in [-0.15, -0.1) is 11.3 Å². The van der Waals surface area contributed by atoms with Crippen LogP contribution in [0.2, 0.25) is 0 Å². The van der Waals surface area contributed by atoms with E-state index in [2.05, 4.69) is 18.4 Å². The molecule has 1 unspecified atom stereocenters. The second-order valence-electron chi connectivity index (χ2n) is 5.17. The van der Waals surface area contributed by atoms with E-state index in [1.807, 2.05) is 11.3 Å². The minimum atomic E-state index is 0.0429. The normalized spacial score (nSPS) is 27.1. The highest BCUT2D eigenvalue weighted by Crippen LogP contribution is 2.51. The maximum atomic E-state index is 12.3. The van der Waals surface area contributed by atoms with E-state index in [1.165, 1.54) is 23.3 Å². The van der Waals surface area contributed by atoms with Crippen molar-refractivity contribution in [2.24, 2.45) is 5.41 Å². The van der Waals surface area contributed by atoms with Crippen molar-refractivity contribution in [3.8, 4) is 0 Å². The molecule has 0 N–H and O–H groups in total. The number of carbonyl (C=O) groups is 1. The lowest BCUT2D eigenvalue weighted by molar-refractivity contribution is -0.125. The molecular weight excluding hydrogens is 204 g/mol. The van der Waals surface area contributed by atoms with E-state index in [-0.39, 0.29) is 11.3 Å². The van der Waals surface area contributed by atoms with Crippen molar-refractivity contribution in [3.63, 3.8) is 0 Å². The summed E-state index contributed by atoms with van der Waals surface area (Å²) < 4.78 is 0. The Balaban J connectivity index is 1.92. The van der Waals surface area contributed by atoms with Crippen LogP contribution in [0.4, 0.5) is 0 Å². The average molecular weight is 220 g/mol. The summed E-state index contributed by atoms with van der Waals surface area (Å²) in [6.07, 6.45) is 5.69. The lowest BCUT2D eigenvalue weighted by Crippen LogP contribution is -2.23. The number of carbonyl (C=O) groups excluding carboxylic acids is 1. The molecule has 1 atom stereocenters. The van der Waals surface area contributed by atoms with Crippen LogP contribution in [0.15, 0.2) is 11.4 Å². The summed E-state index contributed by atoms with van der Waals surface area (Å²) >= 11 is 1.83. The van der Waals surface area contributed by atoms with Crippen LogP contribution in [0.1, 0.15) is 49.0 Å². The molecule has 0 aliphatic heterocycles. The van der Waals surface area contributed by atoms with E-state index in [4.69, 9.17) is 0 Å². The van der Waals surface area contributed by atoms with Gasteiger partial charge in [-0.2, -0.15) is 0 Å². The molecule has 1 aromatic rings. The number of aryl methyl sites for hydroxylation is 1. The highest BCUT2D eigenvalue weighted by molar-refractivity contribution is 7.10. The lowest BCUT2D eigenvalue weighted by atomic mass is 9.80. The van der Waals surface area contributed by atoms with Crippen molar-refractivity contribution >= 4 is 17.1 Å². The monoisotopic (exact) mass is 220 g/mol. The van der Waals surface area contributed by atoms with Crippen LogP contribution in [0.3, 0.4) is 0 Å². The molecular formula is C13H16OS. The summed E-state index contributed by atoms with van der Waals surface area (Å²) in [5.41, 5.74) is 1.39. The average Bonchev–Trinajstić information content (AvgIpc) is 2.82. The molecule has 0 aromatic carbocycles. The first-order valence-electron chi connectivity index (χ1n) is 5.81. The summed E-state index contributed by atoms with van der Waals surface area (Å²) in [7, 11) is 0. The smallest absolute Gasteiger partial charge is 0.146 e. The minimum Gasteiger partial charge on any atom is -0.298 e. The van der Waals surface area contributed by atoms with Gasteiger partial charge in [-0.25, -0.2) is 0 Å². The molecule has 0 spiro atoms. The van der Waals surface area contributed by atoms with Gasteiger partial charge in [-0.3, -0.25) is 4.79 Å². The van der Waals surface area contributed by atoms with Crippen molar-refractivity contribution in [2.75, 3.05) is 0 Å². The number of hydrogen-bond acceptors (Lipinski definition) is 2. The molecule has 1 heterocycles. The standard InChI is InChI=1S/C13H16OS/c1-13(6-7-13)12(14)10-3-2-4-11-9(10)5-8-15-11/h5,8,10H,2-4,6-7H2,1H3. The van der Waals surface area contributed by atoms with Crippen LogP contribution in [-0.2, 0) is 11.2 Å². The predicted molar refractivity (Wildman–Crippen MR) is 62.3 cm³/mol. The molecule has 15 heavy (non-hydrogen) atoms. The van der Waals surface area contributed by atoms with Gasteiger partial charge >= 0.3 is 0 Å². The molecule has 0 amide bonds. The predicted octanol–water partition coefficient (Wildman–Crippen LogP) is 3.54. The van der Waals surface area contributed by atoms with Gasteiger partial charge in [0.25, 0.3) is 0 Å². The van der Waals surface area contributed by atoms with Crippen LogP contribution in [0.5, 0.6) is 0 Å². The van der Waals surface area contributed by atoms with Crippen molar-refractivity contribution in [1.82, 2.24) is 0 Å². The largest absolute Gasteiger partial charge is 0.298 e. The van der Waals surface area contributed by atoms with E-state index >= 15 is 0 Å².